The molecular formula is C15H22N6O6. The fraction of sp³-hybridized carbons (Fsp3) is 0.600. The van der Waals surface area contributed by atoms with Crippen LogP contribution in [0.3, 0.4) is 0 Å². The van der Waals surface area contributed by atoms with Crippen LogP contribution in [0, 0.1) is 0 Å². The van der Waals surface area contributed by atoms with Gasteiger partial charge in [0, 0.05) is 32.6 Å². The number of rotatable bonds is 6. The van der Waals surface area contributed by atoms with Crippen molar-refractivity contribution >= 4 is 35.6 Å². The van der Waals surface area contributed by atoms with Gasteiger partial charge in [0.15, 0.2) is 0 Å². The molecule has 0 aromatic heterocycles. The minimum atomic E-state index is -1.27. The van der Waals surface area contributed by atoms with Crippen molar-refractivity contribution in [3.63, 3.8) is 0 Å². The number of nitrogens with two attached hydrogens (primary N) is 2. The number of carbonyl (C=O) groups is 6. The van der Waals surface area contributed by atoms with Crippen molar-refractivity contribution in [2.45, 2.75) is 31.8 Å². The van der Waals surface area contributed by atoms with Gasteiger partial charge in [-0.05, 0) is 13.3 Å². The van der Waals surface area contributed by atoms with Crippen LogP contribution in [0.2, 0.25) is 0 Å². The molecule has 0 saturated carbocycles. The minimum absolute atomic E-state index is 0.00984. The average Bonchev–Trinajstić information content (AvgIpc) is 2.63. The highest BCUT2D eigenvalue weighted by Crippen LogP contribution is 2.16. The van der Waals surface area contributed by atoms with Gasteiger partial charge in [0.05, 0.1) is 6.04 Å². The maximum Gasteiger partial charge on any atom is 0.334 e. The van der Waals surface area contributed by atoms with E-state index in [2.05, 4.69) is 5.32 Å². The number of primary amides is 1. The van der Waals surface area contributed by atoms with Crippen molar-refractivity contribution in [3.05, 3.63) is 0 Å². The predicted molar refractivity (Wildman–Crippen MR) is 89.4 cm³/mol. The molecule has 2 aliphatic heterocycles. The first kappa shape index (κ1) is 20.3. The molecule has 2 saturated heterocycles. The smallest absolute Gasteiger partial charge is 0.334 e. The lowest BCUT2D eigenvalue weighted by Gasteiger charge is -2.40. The van der Waals surface area contributed by atoms with Gasteiger partial charge in [-0.25, -0.2) is 9.69 Å². The van der Waals surface area contributed by atoms with Crippen molar-refractivity contribution in [1.29, 1.82) is 0 Å². The molecule has 7 amide bonds. The number of carbonyl (C=O) groups excluding carboxylic acids is 6. The Morgan fingerprint density at radius 3 is 2.37 bits per heavy atom. The zero-order chi connectivity index (χ0) is 20.3. The molecule has 148 valence electrons. The Morgan fingerprint density at radius 2 is 1.89 bits per heavy atom. The van der Waals surface area contributed by atoms with Crippen LogP contribution in [0.5, 0.6) is 0 Å². The van der Waals surface area contributed by atoms with Crippen LogP contribution in [0.25, 0.3) is 0 Å². The van der Waals surface area contributed by atoms with Crippen LogP contribution in [0.1, 0.15) is 19.8 Å². The molecule has 2 atom stereocenters. The molecule has 2 aliphatic rings. The number of nitrogens with one attached hydrogen (secondary N) is 1. The van der Waals surface area contributed by atoms with E-state index < -0.39 is 47.7 Å². The van der Waals surface area contributed by atoms with Gasteiger partial charge in [-0.2, -0.15) is 0 Å². The van der Waals surface area contributed by atoms with Gasteiger partial charge in [0.25, 0.3) is 0 Å². The van der Waals surface area contributed by atoms with E-state index >= 15 is 0 Å². The van der Waals surface area contributed by atoms with Gasteiger partial charge < -0.3 is 21.7 Å². The molecular weight excluding hydrogens is 360 g/mol. The maximum atomic E-state index is 12.8. The molecule has 12 nitrogen and oxygen atoms in total. The second-order valence-electron chi connectivity index (χ2n) is 6.20. The van der Waals surface area contributed by atoms with E-state index in [-0.39, 0.29) is 32.5 Å². The monoisotopic (exact) mass is 382 g/mol. The van der Waals surface area contributed by atoms with Crippen LogP contribution < -0.4 is 16.8 Å². The lowest BCUT2D eigenvalue weighted by molar-refractivity contribution is -0.155. The topological polar surface area (TPSA) is 176 Å². The minimum Gasteiger partial charge on any atom is -0.370 e. The lowest BCUT2D eigenvalue weighted by Crippen LogP contribution is -2.70. The third-order valence-corrected chi connectivity index (χ3v) is 4.47. The average molecular weight is 382 g/mol. The summed E-state index contributed by atoms with van der Waals surface area (Å²) in [5, 5.41) is 2.40. The van der Waals surface area contributed by atoms with Crippen molar-refractivity contribution in [3.8, 4) is 0 Å². The van der Waals surface area contributed by atoms with Crippen LogP contribution in [0.15, 0.2) is 0 Å². The Morgan fingerprint density at radius 1 is 1.22 bits per heavy atom. The van der Waals surface area contributed by atoms with E-state index in [1.54, 1.807) is 6.92 Å². The van der Waals surface area contributed by atoms with Crippen molar-refractivity contribution < 1.29 is 28.8 Å². The standard InChI is InChI=1S/C15H22N6O6/c1-2-19-5-6-20(14(26)13(19)25)15(27)21(9-7-18-11(9)23)12(24)8(16)3-4-10(17)22/h8-9H,2-7,16H2,1H3,(H2,17,22)(H,18,23)/t8-,9?/m1/s1. The fourth-order valence-electron chi connectivity index (χ4n) is 2.76. The van der Waals surface area contributed by atoms with Gasteiger partial charge in [-0.15, -0.1) is 0 Å². The van der Waals surface area contributed by atoms with Crippen LogP contribution in [-0.2, 0) is 24.0 Å². The van der Waals surface area contributed by atoms with Gasteiger partial charge in [-0.1, -0.05) is 0 Å². The number of hydrogen-bond donors (Lipinski definition) is 3. The number of imide groups is 2. The molecule has 0 aromatic rings. The maximum absolute atomic E-state index is 12.8. The lowest BCUT2D eigenvalue weighted by atomic mass is 10.1. The van der Waals surface area contributed by atoms with E-state index in [0.29, 0.717) is 16.3 Å². The normalized spacial score (nSPS) is 20.7. The summed E-state index contributed by atoms with van der Waals surface area (Å²) in [5.74, 6) is -4.10. The van der Waals surface area contributed by atoms with E-state index in [4.69, 9.17) is 11.5 Å². The van der Waals surface area contributed by atoms with E-state index in [0.717, 1.165) is 0 Å². The first-order valence-electron chi connectivity index (χ1n) is 8.48. The van der Waals surface area contributed by atoms with Crippen molar-refractivity contribution in [1.82, 2.24) is 20.0 Å². The summed E-state index contributed by atoms with van der Waals surface area (Å²) in [6.45, 7) is 2.02. The zero-order valence-electron chi connectivity index (χ0n) is 14.8. The summed E-state index contributed by atoms with van der Waals surface area (Å²) < 4.78 is 0. The van der Waals surface area contributed by atoms with Crippen molar-refractivity contribution in [2.75, 3.05) is 26.2 Å². The Labute approximate surface area is 154 Å². The van der Waals surface area contributed by atoms with Crippen LogP contribution in [0.4, 0.5) is 4.79 Å². The summed E-state index contributed by atoms with van der Waals surface area (Å²) >= 11 is 0. The second kappa shape index (κ2) is 8.12. The molecule has 2 heterocycles. The van der Waals surface area contributed by atoms with Crippen LogP contribution >= 0.6 is 0 Å². The molecule has 12 heteroatoms. The number of nitrogens with zero attached hydrogens (tertiary/aromatic N) is 3. The molecule has 1 unspecified atom stereocenters. The third-order valence-electron chi connectivity index (χ3n) is 4.47. The quantitative estimate of drug-likeness (QED) is 0.318. The van der Waals surface area contributed by atoms with E-state index in [1.807, 2.05) is 0 Å². The Hall–Kier alpha value is -3.02. The van der Waals surface area contributed by atoms with Gasteiger partial charge >= 0.3 is 17.8 Å². The van der Waals surface area contributed by atoms with E-state index in [1.165, 1.54) is 4.90 Å². The Balaban J connectivity index is 2.21. The van der Waals surface area contributed by atoms with Gasteiger partial charge in [-0.3, -0.25) is 28.9 Å². The molecule has 0 radical (unpaired) electrons. The fourth-order valence-corrected chi connectivity index (χ4v) is 2.76. The molecule has 2 fully saturated rings. The van der Waals surface area contributed by atoms with Crippen molar-refractivity contribution in [2.24, 2.45) is 11.5 Å². The highest BCUT2D eigenvalue weighted by atomic mass is 16.2. The molecule has 27 heavy (non-hydrogen) atoms. The number of hydrogen-bond acceptors (Lipinski definition) is 7. The highest BCUT2D eigenvalue weighted by molar-refractivity contribution is 6.38. The molecule has 0 bridgehead atoms. The summed E-state index contributed by atoms with van der Waals surface area (Å²) in [6, 6.07) is -3.47. The predicted octanol–water partition coefficient (Wildman–Crippen LogP) is -3.28. The third kappa shape index (κ3) is 4.05. The Kier molecular flexibility index (Phi) is 6.10. The summed E-state index contributed by atoms with van der Waals surface area (Å²) in [4.78, 5) is 74.9. The molecule has 0 aliphatic carbocycles. The summed E-state index contributed by atoms with van der Waals surface area (Å²) in [5.41, 5.74) is 10.8. The molecule has 0 aromatic carbocycles. The van der Waals surface area contributed by atoms with E-state index in [9.17, 15) is 28.8 Å². The zero-order valence-corrected chi connectivity index (χ0v) is 14.8. The first-order valence-corrected chi connectivity index (χ1v) is 8.48. The van der Waals surface area contributed by atoms with Crippen LogP contribution in [-0.4, -0.2) is 88.5 Å². The van der Waals surface area contributed by atoms with Gasteiger partial charge in [0.2, 0.25) is 17.7 Å². The number of likely N-dealkylation sites (N-methyl/N-ethyl adjacent to an activating group) is 1. The SMILES string of the molecule is CCN1CCN(C(=O)N(C(=O)[C@H](N)CCC(N)=O)C2CNC2=O)C(=O)C1=O. The Bertz CT molecular complexity index is 694. The number of amides is 7. The second-order valence-corrected chi connectivity index (χ2v) is 6.20. The highest BCUT2D eigenvalue weighted by Gasteiger charge is 2.46. The summed E-state index contributed by atoms with van der Waals surface area (Å²) in [7, 11) is 0. The summed E-state index contributed by atoms with van der Waals surface area (Å²) in [6.07, 6.45) is -0.304. The number of piperazine rings is 1. The number of urea groups is 1. The first-order chi connectivity index (χ1) is 12.7. The molecule has 5 N–H and O–H groups in total. The van der Waals surface area contributed by atoms with Gasteiger partial charge in [0.1, 0.15) is 6.04 Å². The molecule has 0 spiro atoms. The molecule has 2 rings (SSSR count). The largest absolute Gasteiger partial charge is 0.370 e. The number of β-lactam (4-membered cyclic amide) rings is 1.